The van der Waals surface area contributed by atoms with Gasteiger partial charge in [0.25, 0.3) is 15.6 Å². The number of anilines is 1. The highest BCUT2D eigenvalue weighted by Crippen LogP contribution is 2.51. The fraction of sp³-hybridized carbons (Fsp3) is 0.500. The van der Waals surface area contributed by atoms with E-state index in [1.807, 2.05) is 0 Å². The number of halogens is 7. The number of alkyl halides is 6. The molecule has 0 bridgehead atoms. The molecule has 2 aromatic carbocycles. The number of ketones is 1. The first-order chi connectivity index (χ1) is 19.0. The first-order valence-electron chi connectivity index (χ1n) is 12.5. The summed E-state index contributed by atoms with van der Waals surface area (Å²) in [7, 11) is -4.60. The van der Waals surface area contributed by atoms with Gasteiger partial charge in [0, 0.05) is 30.9 Å². The second kappa shape index (κ2) is 11.2. The monoisotopic (exact) mass is 613 g/mol. The van der Waals surface area contributed by atoms with E-state index in [0.717, 1.165) is 34.6 Å². The van der Waals surface area contributed by atoms with E-state index < -0.39 is 68.1 Å². The first kappa shape index (κ1) is 31.2. The number of carbonyl (C=O) groups excluding carboxylic acids is 1. The number of rotatable bonds is 7. The zero-order chi connectivity index (χ0) is 30.4. The van der Waals surface area contributed by atoms with Gasteiger partial charge in [0.05, 0.1) is 29.3 Å². The number of aliphatic hydroxyl groups is 2. The van der Waals surface area contributed by atoms with E-state index in [2.05, 4.69) is 0 Å². The highest BCUT2D eigenvalue weighted by Gasteiger charge is 2.71. The minimum Gasteiger partial charge on any atom is -0.393 e. The third kappa shape index (κ3) is 5.94. The van der Waals surface area contributed by atoms with E-state index >= 15 is 0 Å². The van der Waals surface area contributed by atoms with Crippen molar-refractivity contribution in [1.29, 1.82) is 0 Å². The number of ether oxygens (including phenoxy) is 1. The van der Waals surface area contributed by atoms with E-state index in [4.69, 9.17) is 4.74 Å². The van der Waals surface area contributed by atoms with Gasteiger partial charge < -0.3 is 14.9 Å². The van der Waals surface area contributed by atoms with Crippen molar-refractivity contribution in [2.75, 3.05) is 17.5 Å². The lowest BCUT2D eigenvalue weighted by molar-refractivity contribution is -0.376. The molecule has 2 aliphatic heterocycles. The Balaban J connectivity index is 1.75. The van der Waals surface area contributed by atoms with Gasteiger partial charge in [0.15, 0.2) is 0 Å². The lowest BCUT2D eigenvalue weighted by Crippen LogP contribution is -2.54. The van der Waals surface area contributed by atoms with Crippen molar-refractivity contribution >= 4 is 21.5 Å². The average Bonchev–Trinajstić information content (AvgIpc) is 2.88. The van der Waals surface area contributed by atoms with Gasteiger partial charge in [-0.05, 0) is 55.2 Å². The van der Waals surface area contributed by atoms with Crippen molar-refractivity contribution in [2.45, 2.75) is 67.1 Å². The van der Waals surface area contributed by atoms with Gasteiger partial charge in [0.1, 0.15) is 11.6 Å². The minimum absolute atomic E-state index is 0.113. The minimum atomic E-state index is -6.14. The van der Waals surface area contributed by atoms with Crippen molar-refractivity contribution in [3.05, 3.63) is 59.4 Å². The Kier molecular flexibility index (Phi) is 8.48. The molecule has 2 aromatic rings. The van der Waals surface area contributed by atoms with Crippen LogP contribution in [0.2, 0.25) is 0 Å². The number of aryl methyl sites for hydroxylation is 1. The lowest BCUT2D eigenvalue weighted by Gasteiger charge is -2.39. The maximum atomic E-state index is 13.7. The van der Waals surface area contributed by atoms with Crippen molar-refractivity contribution in [3.63, 3.8) is 0 Å². The Morgan fingerprint density at radius 2 is 1.61 bits per heavy atom. The van der Waals surface area contributed by atoms with Gasteiger partial charge in [-0.1, -0.05) is 12.1 Å². The average molecular weight is 614 g/mol. The molecular weight excluding hydrogens is 587 g/mol. The van der Waals surface area contributed by atoms with Gasteiger partial charge in [-0.25, -0.2) is 12.8 Å². The van der Waals surface area contributed by atoms with Crippen LogP contribution in [0.4, 0.5) is 36.4 Å². The van der Waals surface area contributed by atoms with E-state index in [1.54, 1.807) is 0 Å². The summed E-state index contributed by atoms with van der Waals surface area (Å²) < 4.78 is 128. The number of benzene rings is 2. The van der Waals surface area contributed by atoms with Crippen LogP contribution in [0.5, 0.6) is 0 Å². The summed E-state index contributed by atoms with van der Waals surface area (Å²) in [4.78, 5) is 12.6. The molecule has 2 N–H and O–H groups in total. The standard InChI is InChI=1S/C26H26F7NO6S/c27-18-3-6-21(7-4-18)41(38,39)34-19(13-20(35)12-16-14-40-10-9-23(16)36)5-1-15-11-17(2-8-22(15)34)24(37,25(28,29)30)26(31,32)33/h2-4,6-8,11,16,19,23,36-37H,1,5,9-10,12-14H2/t16?,19-,23?/m0/s1. The van der Waals surface area contributed by atoms with Crippen LogP contribution in [-0.4, -0.2) is 62.1 Å². The fourth-order valence-corrected chi connectivity index (χ4v) is 6.92. The molecule has 0 saturated carbocycles. The molecule has 41 heavy (non-hydrogen) atoms. The fourth-order valence-electron chi connectivity index (χ4n) is 5.20. The summed E-state index contributed by atoms with van der Waals surface area (Å²) >= 11 is 0. The highest BCUT2D eigenvalue weighted by molar-refractivity contribution is 7.92. The second-order valence-electron chi connectivity index (χ2n) is 10.1. The van der Waals surface area contributed by atoms with Crippen LogP contribution in [0.25, 0.3) is 0 Å². The molecule has 1 fully saturated rings. The Bertz CT molecular complexity index is 1360. The molecule has 2 heterocycles. The van der Waals surface area contributed by atoms with Crippen molar-refractivity contribution < 1.29 is 58.9 Å². The molecule has 0 amide bonds. The second-order valence-corrected chi connectivity index (χ2v) is 11.9. The summed E-state index contributed by atoms with van der Waals surface area (Å²) in [6.45, 7) is 0.427. The van der Waals surface area contributed by atoms with Crippen LogP contribution < -0.4 is 4.31 Å². The Morgan fingerprint density at radius 1 is 0.976 bits per heavy atom. The predicted octanol–water partition coefficient (Wildman–Crippen LogP) is 4.39. The number of hydrogen-bond donors (Lipinski definition) is 2. The van der Waals surface area contributed by atoms with Crippen LogP contribution in [-0.2, 0) is 31.6 Å². The molecule has 2 unspecified atom stereocenters. The first-order valence-corrected chi connectivity index (χ1v) is 14.0. The quantitative estimate of drug-likeness (QED) is 0.449. The van der Waals surface area contributed by atoms with Crippen LogP contribution in [0.15, 0.2) is 47.4 Å². The molecule has 0 radical (unpaired) electrons. The molecule has 4 rings (SSSR count). The number of aliphatic hydroxyl groups excluding tert-OH is 1. The number of nitrogens with zero attached hydrogens (tertiary/aromatic N) is 1. The maximum absolute atomic E-state index is 13.7. The van der Waals surface area contributed by atoms with E-state index in [0.29, 0.717) is 25.2 Å². The third-order valence-corrected chi connectivity index (χ3v) is 9.27. The van der Waals surface area contributed by atoms with E-state index in [1.165, 1.54) is 0 Å². The number of fused-ring (bicyclic) bond motifs is 1. The number of carbonyl (C=O) groups is 1. The molecule has 226 valence electrons. The van der Waals surface area contributed by atoms with Crippen molar-refractivity contribution in [3.8, 4) is 0 Å². The van der Waals surface area contributed by atoms with E-state index in [-0.39, 0.29) is 43.5 Å². The molecule has 7 nitrogen and oxygen atoms in total. The molecule has 0 spiro atoms. The van der Waals surface area contributed by atoms with Crippen LogP contribution >= 0.6 is 0 Å². The van der Waals surface area contributed by atoms with Crippen molar-refractivity contribution in [1.82, 2.24) is 0 Å². The Morgan fingerprint density at radius 3 is 2.20 bits per heavy atom. The highest BCUT2D eigenvalue weighted by atomic mass is 32.2. The summed E-state index contributed by atoms with van der Waals surface area (Å²) in [5.41, 5.74) is -7.28. The van der Waals surface area contributed by atoms with E-state index in [9.17, 15) is 54.2 Å². The van der Waals surface area contributed by atoms with Crippen LogP contribution in [0.1, 0.15) is 36.8 Å². The molecule has 1 saturated heterocycles. The normalized spacial score (nSPS) is 22.4. The molecule has 0 aromatic heterocycles. The summed E-state index contributed by atoms with van der Waals surface area (Å²) in [5.74, 6) is -1.72. The zero-order valence-electron chi connectivity index (χ0n) is 21.3. The van der Waals surface area contributed by atoms with Gasteiger partial charge in [-0.15, -0.1) is 0 Å². The summed E-state index contributed by atoms with van der Waals surface area (Å²) in [6.07, 6.45) is -13.7. The van der Waals surface area contributed by atoms with Crippen LogP contribution in [0.3, 0.4) is 0 Å². The molecule has 15 heteroatoms. The molecule has 2 aliphatic rings. The Hall–Kier alpha value is -2.75. The number of Topliss-reactive ketones (excluding diaryl/α,β-unsaturated/α-hetero) is 1. The van der Waals surface area contributed by atoms with Gasteiger partial charge in [0.2, 0.25) is 0 Å². The smallest absolute Gasteiger partial charge is 0.393 e. The third-order valence-electron chi connectivity index (χ3n) is 7.39. The lowest BCUT2D eigenvalue weighted by atomic mass is 9.86. The van der Waals surface area contributed by atoms with Gasteiger partial charge in [-0.3, -0.25) is 9.10 Å². The van der Waals surface area contributed by atoms with Crippen molar-refractivity contribution in [2.24, 2.45) is 5.92 Å². The predicted molar refractivity (Wildman–Crippen MR) is 130 cm³/mol. The van der Waals surface area contributed by atoms with Gasteiger partial charge in [-0.2, -0.15) is 26.3 Å². The Labute approximate surface area is 230 Å². The summed E-state index contributed by atoms with van der Waals surface area (Å²) in [5, 5.41) is 20.0. The molecule has 3 atom stereocenters. The molecule has 0 aliphatic carbocycles. The summed E-state index contributed by atoms with van der Waals surface area (Å²) in [6, 6.07) is 4.02. The SMILES string of the molecule is O=C(CC1COCCC1O)C[C@@H]1CCc2cc(C(O)(C(F)(F)F)C(F)(F)F)ccc2N1S(=O)(=O)c1ccc(F)cc1. The van der Waals surface area contributed by atoms with Crippen LogP contribution in [0, 0.1) is 11.7 Å². The maximum Gasteiger partial charge on any atom is 0.430 e. The molecular formula is C26H26F7NO6S. The van der Waals surface area contributed by atoms with Gasteiger partial charge >= 0.3 is 12.4 Å². The topological polar surface area (TPSA) is 104 Å². The largest absolute Gasteiger partial charge is 0.430 e. The zero-order valence-corrected chi connectivity index (χ0v) is 22.1. The number of hydrogen-bond acceptors (Lipinski definition) is 6. The number of sulfonamides is 1.